The van der Waals surface area contributed by atoms with Crippen molar-refractivity contribution in [2.24, 2.45) is 0 Å². The Balaban J connectivity index is 0.000000333. The van der Waals surface area contributed by atoms with E-state index in [0.29, 0.717) is 13.2 Å². The highest BCUT2D eigenvalue weighted by molar-refractivity contribution is 7.11. The highest BCUT2D eigenvalue weighted by Crippen LogP contribution is 2.25. The maximum Gasteiger partial charge on any atom is 0.490 e. The number of carboxylic acids is 2. The van der Waals surface area contributed by atoms with Gasteiger partial charge in [-0.2, -0.15) is 26.3 Å². The summed E-state index contributed by atoms with van der Waals surface area (Å²) in [6.45, 7) is 6.48. The number of aliphatic carboxylic acids is 2. The summed E-state index contributed by atoms with van der Waals surface area (Å²) < 4.78 is 69.4. The van der Waals surface area contributed by atoms with Gasteiger partial charge in [-0.15, -0.1) is 11.3 Å². The van der Waals surface area contributed by atoms with Crippen molar-refractivity contribution < 1.29 is 50.9 Å². The molecule has 0 saturated heterocycles. The van der Waals surface area contributed by atoms with Crippen LogP contribution in [0.2, 0.25) is 0 Å². The first-order valence-electron chi connectivity index (χ1n) is 11.5. The van der Waals surface area contributed by atoms with Gasteiger partial charge in [-0.05, 0) is 59.9 Å². The Bertz CT molecular complexity index is 1230. The molecule has 40 heavy (non-hydrogen) atoms. The van der Waals surface area contributed by atoms with Gasteiger partial charge in [0, 0.05) is 54.2 Å². The minimum absolute atomic E-state index is 0.607. The number of thiophene rings is 1. The Morgan fingerprint density at radius 2 is 1.55 bits per heavy atom. The van der Waals surface area contributed by atoms with Crippen LogP contribution in [0.15, 0.2) is 49.1 Å². The van der Waals surface area contributed by atoms with Crippen molar-refractivity contribution in [3.8, 4) is 0 Å². The molecule has 0 bridgehead atoms. The number of halogens is 6. The van der Waals surface area contributed by atoms with E-state index in [4.69, 9.17) is 24.5 Å². The quantitative estimate of drug-likeness (QED) is 0.366. The average Bonchev–Trinajstić information content (AvgIpc) is 3.28. The molecule has 2 N–H and O–H groups in total. The largest absolute Gasteiger partial charge is 0.490 e. The number of alkyl halides is 6. The normalized spacial score (nSPS) is 13.3. The van der Waals surface area contributed by atoms with E-state index in [1.54, 1.807) is 12.4 Å². The minimum atomic E-state index is -5.08. The van der Waals surface area contributed by atoms with E-state index in [9.17, 15) is 26.3 Å². The fourth-order valence-corrected chi connectivity index (χ4v) is 4.37. The number of aryl methyl sites for hydroxylation is 1. The molecular formula is C25H25F6N3O5S. The second-order valence-corrected chi connectivity index (χ2v) is 9.74. The van der Waals surface area contributed by atoms with Crippen LogP contribution in [0.1, 0.15) is 32.0 Å². The van der Waals surface area contributed by atoms with Crippen LogP contribution in [-0.4, -0.2) is 55.9 Å². The van der Waals surface area contributed by atoms with Crippen molar-refractivity contribution in [3.63, 3.8) is 0 Å². The molecule has 218 valence electrons. The van der Waals surface area contributed by atoms with Gasteiger partial charge in [-0.3, -0.25) is 14.9 Å². The Morgan fingerprint density at radius 1 is 0.950 bits per heavy atom. The summed E-state index contributed by atoms with van der Waals surface area (Å²) in [7, 11) is 0. The van der Waals surface area contributed by atoms with Crippen molar-refractivity contribution in [2.45, 2.75) is 52.0 Å². The lowest BCUT2D eigenvalue weighted by atomic mass is 9.97. The fraction of sp³-hybridized carbons (Fsp3) is 0.360. The molecule has 0 radical (unpaired) electrons. The van der Waals surface area contributed by atoms with Gasteiger partial charge in [-0.1, -0.05) is 0 Å². The maximum absolute atomic E-state index is 10.6. The Hall–Kier alpha value is -3.56. The zero-order valence-electron chi connectivity index (χ0n) is 21.0. The van der Waals surface area contributed by atoms with Crippen molar-refractivity contribution in [1.82, 2.24) is 14.9 Å². The van der Waals surface area contributed by atoms with Crippen LogP contribution in [0.3, 0.4) is 0 Å². The van der Waals surface area contributed by atoms with Crippen molar-refractivity contribution in [1.29, 1.82) is 0 Å². The number of nitrogens with zero attached hydrogens (tertiary/aromatic N) is 3. The van der Waals surface area contributed by atoms with Crippen LogP contribution in [0, 0.1) is 6.92 Å². The number of hydrogen-bond acceptors (Lipinski definition) is 7. The van der Waals surface area contributed by atoms with Crippen LogP contribution in [0.5, 0.6) is 0 Å². The maximum atomic E-state index is 10.6. The molecule has 0 unspecified atom stereocenters. The second kappa shape index (κ2) is 14.7. The van der Waals surface area contributed by atoms with Crippen LogP contribution in [-0.2, 0) is 47.1 Å². The highest BCUT2D eigenvalue weighted by Gasteiger charge is 2.38. The molecular weight excluding hydrogens is 568 g/mol. The second-order valence-electron chi connectivity index (χ2n) is 8.36. The number of pyridine rings is 2. The van der Waals surface area contributed by atoms with E-state index in [1.165, 1.54) is 26.4 Å². The van der Waals surface area contributed by atoms with E-state index < -0.39 is 24.3 Å². The van der Waals surface area contributed by atoms with Gasteiger partial charge < -0.3 is 14.9 Å². The molecule has 3 aromatic heterocycles. The number of fused-ring (bicyclic) bond motifs is 1. The Morgan fingerprint density at radius 3 is 2.08 bits per heavy atom. The van der Waals surface area contributed by atoms with Crippen molar-refractivity contribution in [3.05, 3.63) is 81.1 Å². The number of hydrogen-bond donors (Lipinski definition) is 2. The third-order valence-corrected chi connectivity index (χ3v) is 6.23. The lowest BCUT2D eigenvalue weighted by molar-refractivity contribution is -0.193. The smallest absolute Gasteiger partial charge is 0.475 e. The zero-order valence-corrected chi connectivity index (χ0v) is 21.8. The molecule has 0 atom stereocenters. The third kappa shape index (κ3) is 11.3. The van der Waals surface area contributed by atoms with Crippen LogP contribution >= 0.6 is 11.3 Å². The Labute approximate surface area is 228 Å². The van der Waals surface area contributed by atoms with Crippen molar-refractivity contribution >= 4 is 23.3 Å². The van der Waals surface area contributed by atoms with Crippen molar-refractivity contribution in [2.75, 3.05) is 6.54 Å². The molecule has 8 nitrogen and oxygen atoms in total. The summed E-state index contributed by atoms with van der Waals surface area (Å²) in [5, 5.41) is 14.2. The number of carbonyl (C=O) groups is 2. The molecule has 4 rings (SSSR count). The van der Waals surface area contributed by atoms with Crippen LogP contribution < -0.4 is 0 Å². The molecule has 3 aromatic rings. The summed E-state index contributed by atoms with van der Waals surface area (Å²) in [6, 6.07) is 8.43. The molecule has 0 spiro atoms. The highest BCUT2D eigenvalue weighted by atomic mass is 32.1. The van der Waals surface area contributed by atoms with Gasteiger partial charge in [0.1, 0.15) is 0 Å². The fourth-order valence-electron chi connectivity index (χ4n) is 3.43. The predicted octanol–water partition coefficient (Wildman–Crippen LogP) is 5.39. The van der Waals surface area contributed by atoms with E-state index >= 15 is 0 Å². The average molecular weight is 594 g/mol. The van der Waals surface area contributed by atoms with E-state index in [0.717, 1.165) is 31.6 Å². The first-order valence-corrected chi connectivity index (χ1v) is 12.3. The molecule has 0 aliphatic carbocycles. The first-order chi connectivity index (χ1) is 18.7. The predicted molar refractivity (Wildman–Crippen MR) is 131 cm³/mol. The van der Waals surface area contributed by atoms with Crippen LogP contribution in [0.4, 0.5) is 26.3 Å². The van der Waals surface area contributed by atoms with Crippen LogP contribution in [0.25, 0.3) is 0 Å². The number of aromatic nitrogens is 2. The summed E-state index contributed by atoms with van der Waals surface area (Å²) in [4.78, 5) is 31.6. The monoisotopic (exact) mass is 593 g/mol. The lowest BCUT2D eigenvalue weighted by Crippen LogP contribution is -2.30. The zero-order chi connectivity index (χ0) is 29.9. The van der Waals surface area contributed by atoms with Gasteiger partial charge in [0.25, 0.3) is 0 Å². The first kappa shape index (κ1) is 32.7. The van der Waals surface area contributed by atoms with E-state index in [2.05, 4.69) is 33.9 Å². The van der Waals surface area contributed by atoms with Gasteiger partial charge in [-0.25, -0.2) is 9.59 Å². The van der Waals surface area contributed by atoms with Gasteiger partial charge in [0.05, 0.1) is 13.2 Å². The molecule has 0 amide bonds. The molecule has 1 aliphatic rings. The summed E-state index contributed by atoms with van der Waals surface area (Å²) in [5.41, 5.74) is 5.14. The summed E-state index contributed by atoms with van der Waals surface area (Å²) >= 11 is 1.89. The molecule has 15 heteroatoms. The molecule has 0 fully saturated rings. The molecule has 1 aliphatic heterocycles. The molecule has 0 saturated carbocycles. The number of ether oxygens (including phenoxy) is 1. The summed E-state index contributed by atoms with van der Waals surface area (Å²) in [6.07, 6.45) is -1.52. The van der Waals surface area contributed by atoms with Gasteiger partial charge in [0.2, 0.25) is 0 Å². The van der Waals surface area contributed by atoms with Gasteiger partial charge >= 0.3 is 24.3 Å². The van der Waals surface area contributed by atoms with Gasteiger partial charge in [0.15, 0.2) is 0 Å². The number of rotatable bonds is 6. The third-order valence-electron chi connectivity index (χ3n) is 5.24. The van der Waals surface area contributed by atoms with E-state index in [1.807, 2.05) is 35.9 Å². The minimum Gasteiger partial charge on any atom is -0.475 e. The Kier molecular flexibility index (Phi) is 12.0. The standard InChI is InChI=1S/C21H23N3OS.2C2HF3O2/c1-16-2-3-20(26-16)13-24-9-6-21-18(12-24)10-23-11-19(21)15-25-14-17-4-7-22-8-5-17;2*3-2(4,5)1(6)7/h2-5,7-8,10-11H,6,9,12-15H2,1H3;2*(H,6,7). The number of carboxylic acid groups (broad SMARTS) is 2. The molecule has 0 aromatic carbocycles. The summed E-state index contributed by atoms with van der Waals surface area (Å²) in [5.74, 6) is -5.51. The molecule has 4 heterocycles. The topological polar surface area (TPSA) is 113 Å². The SMILES string of the molecule is Cc1ccc(CN2CCc3c(COCc4ccncc4)cncc3C2)s1.O=C(O)C(F)(F)F.O=C(O)C(F)(F)F. The van der Waals surface area contributed by atoms with E-state index in [-0.39, 0.29) is 0 Å². The lowest BCUT2D eigenvalue weighted by Gasteiger charge is -2.29.